The van der Waals surface area contributed by atoms with E-state index < -0.39 is 12.2 Å². The molecule has 5 rings (SSSR count). The molecule has 0 radical (unpaired) electrons. The van der Waals surface area contributed by atoms with Gasteiger partial charge in [0.15, 0.2) is 18.5 Å². The molecule has 0 aliphatic rings. The maximum absolute atomic E-state index is 11.8. The van der Waals surface area contributed by atoms with Gasteiger partial charge in [0.05, 0.1) is 0 Å². The number of halogens is 1. The van der Waals surface area contributed by atoms with Crippen molar-refractivity contribution in [2.24, 2.45) is 5.73 Å². The van der Waals surface area contributed by atoms with E-state index in [1.807, 2.05) is 161 Å². The standard InChI is InChI=1S/C17H20N2O2.C11H14ClNO2.C9H13N.C6H7N/c1-14-7-6-10-19(12-14)13-21-17(20)18-15(2)11-16-8-4-3-5-9-16;1-9(13-11(14)15-8-12)7-10-5-3-2-4-6-10;1-8(10)7-9-5-3-2-4-6-9;1-6-3-2-4-7-5-6/h3-10,12,15H,11,13H2,1-2H3;2-6,9H,7-8H2,1H3,(H,13,14);2-6,8H,7,10H2,1H3;2-5H,1H3/p+1/t15-;9-;8-;/m000./s1. The highest BCUT2D eigenvalue weighted by Gasteiger charge is 2.11. The van der Waals surface area contributed by atoms with Crippen molar-refractivity contribution in [2.45, 2.75) is 78.7 Å². The number of carbonyl (C=O) groups excluding carboxylic acids is 2. The van der Waals surface area contributed by atoms with Gasteiger partial charge < -0.3 is 25.8 Å². The van der Waals surface area contributed by atoms with Gasteiger partial charge in [0.25, 0.3) is 6.73 Å². The number of aromatic nitrogens is 2. The molecular weight excluding hydrogens is 686 g/mol. The van der Waals surface area contributed by atoms with Gasteiger partial charge in [-0.2, -0.15) is 4.57 Å². The van der Waals surface area contributed by atoms with E-state index in [9.17, 15) is 9.59 Å². The topological polar surface area (TPSA) is 119 Å². The summed E-state index contributed by atoms with van der Waals surface area (Å²) in [5.74, 6) is 0. The molecule has 2 aromatic heterocycles. The highest BCUT2D eigenvalue weighted by Crippen LogP contribution is 2.04. The van der Waals surface area contributed by atoms with E-state index in [4.69, 9.17) is 22.1 Å². The number of amides is 2. The number of ether oxygens (including phenoxy) is 2. The Balaban J connectivity index is 0.000000264. The second-order valence-electron chi connectivity index (χ2n) is 12.7. The summed E-state index contributed by atoms with van der Waals surface area (Å²) in [7, 11) is 0. The first-order chi connectivity index (χ1) is 25.5. The van der Waals surface area contributed by atoms with Crippen molar-refractivity contribution in [3.8, 4) is 0 Å². The average Bonchev–Trinajstić information content (AvgIpc) is 3.13. The molecule has 0 bridgehead atoms. The maximum Gasteiger partial charge on any atom is 0.412 e. The summed E-state index contributed by atoms with van der Waals surface area (Å²) in [6.45, 7) is 10.1. The monoisotopic (exact) mass is 740 g/mol. The minimum Gasteiger partial charge on any atom is -0.433 e. The molecule has 53 heavy (non-hydrogen) atoms. The van der Waals surface area contributed by atoms with Gasteiger partial charge >= 0.3 is 12.2 Å². The van der Waals surface area contributed by atoms with Gasteiger partial charge in [-0.1, -0.05) is 109 Å². The molecule has 2 heterocycles. The smallest absolute Gasteiger partial charge is 0.412 e. The van der Waals surface area contributed by atoms with Gasteiger partial charge in [-0.15, -0.1) is 0 Å². The first-order valence-electron chi connectivity index (χ1n) is 17.7. The number of nitrogens with zero attached hydrogens (tertiary/aromatic N) is 2. The molecule has 0 saturated carbocycles. The zero-order chi connectivity index (χ0) is 38.7. The fourth-order valence-electron chi connectivity index (χ4n) is 4.87. The molecular formula is C43H55ClN5O4+. The van der Waals surface area contributed by atoms with E-state index in [1.165, 1.54) is 22.3 Å². The quantitative estimate of drug-likeness (QED) is 0.0931. The van der Waals surface area contributed by atoms with Crippen LogP contribution < -0.4 is 20.9 Å². The van der Waals surface area contributed by atoms with Crippen LogP contribution in [-0.2, 0) is 35.5 Å². The summed E-state index contributed by atoms with van der Waals surface area (Å²) in [6, 6.07) is 38.4. The molecule has 5 aromatic rings. The molecule has 9 nitrogen and oxygen atoms in total. The van der Waals surface area contributed by atoms with E-state index in [1.54, 1.807) is 6.20 Å². The SMILES string of the molecule is C[C@@H](Cc1ccccc1)NC(=O)OCCl.C[C@H](N)Cc1ccccc1.Cc1ccc[n+](COC(=O)N[C@@H](C)Cc2ccccc2)c1.Cc1cccnc1. The number of rotatable bonds is 11. The highest BCUT2D eigenvalue weighted by atomic mass is 35.5. The van der Waals surface area contributed by atoms with E-state index in [0.717, 1.165) is 24.8 Å². The molecule has 2 amide bonds. The zero-order valence-electron chi connectivity index (χ0n) is 31.5. The summed E-state index contributed by atoms with van der Waals surface area (Å²) in [5, 5.41) is 5.52. The van der Waals surface area contributed by atoms with Crippen LogP contribution >= 0.6 is 11.6 Å². The van der Waals surface area contributed by atoms with E-state index >= 15 is 0 Å². The normalized spacial score (nSPS) is 11.6. The minimum absolute atomic E-state index is 0.0300. The Hall–Kier alpha value is -5.25. The van der Waals surface area contributed by atoms with Crippen molar-refractivity contribution in [1.82, 2.24) is 15.6 Å². The van der Waals surface area contributed by atoms with E-state index in [0.29, 0.717) is 0 Å². The number of alkyl carbamates (subject to hydrolysis) is 2. The first kappa shape index (κ1) is 43.9. The Labute approximate surface area is 320 Å². The van der Waals surface area contributed by atoms with Gasteiger partial charge in [0.1, 0.15) is 0 Å². The molecule has 4 N–H and O–H groups in total. The lowest BCUT2D eigenvalue weighted by atomic mass is 10.1. The molecule has 0 fully saturated rings. The Morgan fingerprint density at radius 1 is 0.679 bits per heavy atom. The number of hydrogen-bond acceptors (Lipinski definition) is 6. The molecule has 282 valence electrons. The van der Waals surface area contributed by atoms with Gasteiger partial charge in [-0.05, 0) is 88.3 Å². The number of benzene rings is 3. The number of hydrogen-bond donors (Lipinski definition) is 3. The van der Waals surface area contributed by atoms with Crippen molar-refractivity contribution in [3.05, 3.63) is 168 Å². The van der Waals surface area contributed by atoms with Crippen LogP contribution in [0.15, 0.2) is 140 Å². The van der Waals surface area contributed by atoms with E-state index in [2.05, 4.69) is 32.5 Å². The van der Waals surface area contributed by atoms with Gasteiger partial charge in [0, 0.05) is 42.1 Å². The second kappa shape index (κ2) is 26.5. The third-order valence-electron chi connectivity index (χ3n) is 7.24. The molecule has 0 unspecified atom stereocenters. The molecule has 0 aliphatic heterocycles. The number of pyridine rings is 2. The maximum atomic E-state index is 11.8. The predicted molar refractivity (Wildman–Crippen MR) is 213 cm³/mol. The minimum atomic E-state index is -0.478. The summed E-state index contributed by atoms with van der Waals surface area (Å²) >= 11 is 5.26. The van der Waals surface area contributed by atoms with Crippen molar-refractivity contribution >= 4 is 23.8 Å². The van der Waals surface area contributed by atoms with Gasteiger partial charge in [-0.3, -0.25) is 4.98 Å². The number of aryl methyl sites for hydroxylation is 2. The fourth-order valence-corrected chi connectivity index (χ4v) is 4.97. The Morgan fingerprint density at radius 2 is 1.15 bits per heavy atom. The third kappa shape index (κ3) is 22.3. The van der Waals surface area contributed by atoms with Gasteiger partial charge in [0.2, 0.25) is 0 Å². The van der Waals surface area contributed by atoms with Crippen LogP contribution in [0, 0.1) is 13.8 Å². The highest BCUT2D eigenvalue weighted by molar-refractivity contribution is 6.17. The molecule has 10 heteroatoms. The predicted octanol–water partition coefficient (Wildman–Crippen LogP) is 8.10. The van der Waals surface area contributed by atoms with Gasteiger partial charge in [-0.25, -0.2) is 9.59 Å². The summed E-state index contributed by atoms with van der Waals surface area (Å²) in [4.78, 5) is 26.7. The van der Waals surface area contributed by atoms with Crippen LogP contribution in [0.3, 0.4) is 0 Å². The lowest BCUT2D eigenvalue weighted by Crippen LogP contribution is -2.40. The third-order valence-corrected chi connectivity index (χ3v) is 7.35. The van der Waals surface area contributed by atoms with E-state index in [-0.39, 0.29) is 30.9 Å². The Bertz CT molecular complexity index is 1680. The average molecular weight is 741 g/mol. The lowest BCUT2D eigenvalue weighted by molar-refractivity contribution is -0.727. The molecule has 3 atom stereocenters. The van der Waals surface area contributed by atoms with Crippen molar-refractivity contribution in [2.75, 3.05) is 6.07 Å². The number of nitrogens with two attached hydrogens (primary N) is 1. The molecule has 3 aromatic carbocycles. The number of nitrogens with one attached hydrogen (secondary N) is 2. The lowest BCUT2D eigenvalue weighted by Gasteiger charge is -2.13. The summed E-state index contributed by atoms with van der Waals surface area (Å²) in [5.41, 5.74) is 11.6. The summed E-state index contributed by atoms with van der Waals surface area (Å²) in [6.07, 6.45) is 9.06. The second-order valence-corrected chi connectivity index (χ2v) is 12.9. The van der Waals surface area contributed by atoms with Crippen LogP contribution in [0.5, 0.6) is 0 Å². The number of carbonyl (C=O) groups is 2. The van der Waals surface area contributed by atoms with Crippen LogP contribution in [-0.4, -0.2) is 41.4 Å². The van der Waals surface area contributed by atoms with Crippen LogP contribution in [0.1, 0.15) is 48.6 Å². The first-order valence-corrected chi connectivity index (χ1v) is 18.2. The molecule has 0 aliphatic carbocycles. The van der Waals surface area contributed by atoms with Crippen LogP contribution in [0.4, 0.5) is 9.59 Å². The van der Waals surface area contributed by atoms with Crippen molar-refractivity contribution in [3.63, 3.8) is 0 Å². The fraction of sp³-hybridized carbons (Fsp3) is 0.302. The zero-order valence-corrected chi connectivity index (χ0v) is 32.3. The number of alkyl halides is 1. The summed E-state index contributed by atoms with van der Waals surface area (Å²) < 4.78 is 11.6. The van der Waals surface area contributed by atoms with Crippen molar-refractivity contribution in [1.29, 1.82) is 0 Å². The van der Waals surface area contributed by atoms with Crippen LogP contribution in [0.2, 0.25) is 0 Å². The molecule has 0 saturated heterocycles. The van der Waals surface area contributed by atoms with Crippen LogP contribution in [0.25, 0.3) is 0 Å². The Kier molecular flexibility index (Phi) is 22.0. The largest absolute Gasteiger partial charge is 0.433 e. The molecule has 0 spiro atoms. The Morgan fingerprint density at radius 3 is 1.55 bits per heavy atom. The van der Waals surface area contributed by atoms with Crippen molar-refractivity contribution < 1.29 is 23.6 Å².